The number of hydrogen-bond acceptors (Lipinski definition) is 4. The van der Waals surface area contributed by atoms with Crippen molar-refractivity contribution in [2.45, 2.75) is 26.2 Å². The molecule has 3 rings (SSSR count). The lowest BCUT2D eigenvalue weighted by atomic mass is 9.87. The van der Waals surface area contributed by atoms with E-state index in [4.69, 9.17) is 12.2 Å². The lowest BCUT2D eigenvalue weighted by molar-refractivity contribution is 0.470. The minimum atomic E-state index is 0.0839. The molecule has 0 bridgehead atoms. The maximum atomic E-state index is 10.3. The quantitative estimate of drug-likeness (QED) is 0.229. The summed E-state index contributed by atoms with van der Waals surface area (Å²) in [5.74, 6) is 0.822. The number of aromatic amines is 1. The minimum absolute atomic E-state index is 0.0839. The van der Waals surface area contributed by atoms with Gasteiger partial charge in [-0.3, -0.25) is 0 Å². The lowest BCUT2D eigenvalue weighted by Crippen LogP contribution is -2.10. The summed E-state index contributed by atoms with van der Waals surface area (Å²) in [6.07, 6.45) is 1.60. The van der Waals surface area contributed by atoms with E-state index in [1.165, 1.54) is 5.56 Å². The normalized spacial score (nSPS) is 12.0. The zero-order chi connectivity index (χ0) is 19.8. The SMILES string of the molecule is CC(C)(C)c1ccc(-c2n[nH]c(=S)n2/N=C\c2cc(I)cc(I)c2O)cc1. The van der Waals surface area contributed by atoms with Crippen LogP contribution in [0.1, 0.15) is 31.9 Å². The monoisotopic (exact) mass is 604 g/mol. The summed E-state index contributed by atoms with van der Waals surface area (Å²) in [5.41, 5.74) is 2.87. The van der Waals surface area contributed by atoms with Crippen molar-refractivity contribution in [3.63, 3.8) is 0 Å². The van der Waals surface area contributed by atoms with Gasteiger partial charge in [0.25, 0.3) is 0 Å². The average Bonchev–Trinajstić information content (AvgIpc) is 2.97. The Labute approximate surface area is 190 Å². The molecule has 27 heavy (non-hydrogen) atoms. The van der Waals surface area contributed by atoms with E-state index in [-0.39, 0.29) is 11.2 Å². The summed E-state index contributed by atoms with van der Waals surface area (Å²) in [5, 5.41) is 21.8. The third kappa shape index (κ3) is 4.60. The molecule has 0 unspecified atom stereocenters. The van der Waals surface area contributed by atoms with Crippen molar-refractivity contribution in [2.24, 2.45) is 5.10 Å². The lowest BCUT2D eigenvalue weighted by Gasteiger charge is -2.18. The molecule has 0 radical (unpaired) electrons. The first-order valence-electron chi connectivity index (χ1n) is 8.17. The number of halogens is 2. The number of H-pyrrole nitrogens is 1. The average molecular weight is 604 g/mol. The zero-order valence-electron chi connectivity index (χ0n) is 15.0. The molecule has 140 valence electrons. The molecule has 0 aliphatic carbocycles. The van der Waals surface area contributed by atoms with E-state index in [1.807, 2.05) is 24.3 Å². The Morgan fingerprint density at radius 1 is 1.19 bits per heavy atom. The molecule has 3 aromatic rings. The van der Waals surface area contributed by atoms with E-state index in [1.54, 1.807) is 10.9 Å². The molecule has 1 aromatic heterocycles. The van der Waals surface area contributed by atoms with Gasteiger partial charge in [-0.2, -0.15) is 14.9 Å². The second kappa shape index (κ2) is 8.00. The van der Waals surface area contributed by atoms with Crippen LogP contribution in [-0.4, -0.2) is 26.2 Å². The number of hydrogen-bond donors (Lipinski definition) is 2. The number of aromatic nitrogens is 3. The van der Waals surface area contributed by atoms with E-state index in [0.29, 0.717) is 16.2 Å². The molecule has 1 heterocycles. The van der Waals surface area contributed by atoms with Crippen LogP contribution in [0.3, 0.4) is 0 Å². The third-order valence-electron chi connectivity index (χ3n) is 4.03. The van der Waals surface area contributed by atoms with Crippen molar-refractivity contribution in [3.8, 4) is 17.1 Å². The smallest absolute Gasteiger partial charge is 0.216 e. The van der Waals surface area contributed by atoms with Gasteiger partial charge in [-0.05, 0) is 80.5 Å². The maximum Gasteiger partial charge on any atom is 0.216 e. The van der Waals surface area contributed by atoms with E-state index < -0.39 is 0 Å². The predicted molar refractivity (Wildman–Crippen MR) is 128 cm³/mol. The van der Waals surface area contributed by atoms with Gasteiger partial charge in [0.15, 0.2) is 5.82 Å². The summed E-state index contributed by atoms with van der Waals surface area (Å²) in [4.78, 5) is 0. The second-order valence-electron chi connectivity index (χ2n) is 7.06. The first kappa shape index (κ1) is 20.5. The van der Waals surface area contributed by atoms with Crippen molar-refractivity contribution in [2.75, 3.05) is 0 Å². The Balaban J connectivity index is 2.00. The number of phenolic OH excluding ortho intramolecular Hbond substituents is 1. The number of nitrogens with one attached hydrogen (secondary N) is 1. The molecule has 0 atom stereocenters. The summed E-state index contributed by atoms with van der Waals surface area (Å²) >= 11 is 9.63. The van der Waals surface area contributed by atoms with Gasteiger partial charge in [0, 0.05) is 14.7 Å². The molecular formula is C19H18I2N4OS. The van der Waals surface area contributed by atoms with Crippen molar-refractivity contribution in [1.29, 1.82) is 0 Å². The van der Waals surface area contributed by atoms with Gasteiger partial charge in [-0.1, -0.05) is 45.0 Å². The highest BCUT2D eigenvalue weighted by molar-refractivity contribution is 14.1. The van der Waals surface area contributed by atoms with Crippen LogP contribution >= 0.6 is 57.4 Å². The molecule has 5 nitrogen and oxygen atoms in total. The molecule has 2 N–H and O–H groups in total. The molecule has 2 aromatic carbocycles. The first-order chi connectivity index (χ1) is 12.7. The fourth-order valence-electron chi connectivity index (χ4n) is 2.51. The molecule has 0 fully saturated rings. The Morgan fingerprint density at radius 3 is 2.48 bits per heavy atom. The second-order valence-corrected chi connectivity index (χ2v) is 9.86. The maximum absolute atomic E-state index is 10.3. The molecule has 0 aliphatic heterocycles. The van der Waals surface area contributed by atoms with Crippen molar-refractivity contribution < 1.29 is 5.11 Å². The molecule has 0 amide bonds. The van der Waals surface area contributed by atoms with Crippen LogP contribution in [0, 0.1) is 11.9 Å². The van der Waals surface area contributed by atoms with Crippen LogP contribution in [0.5, 0.6) is 5.75 Å². The van der Waals surface area contributed by atoms with Crippen LogP contribution in [0.15, 0.2) is 41.5 Å². The molecule has 0 spiro atoms. The highest BCUT2D eigenvalue weighted by atomic mass is 127. The Morgan fingerprint density at radius 2 is 1.85 bits per heavy atom. The highest BCUT2D eigenvalue weighted by Gasteiger charge is 2.15. The summed E-state index contributed by atoms with van der Waals surface area (Å²) in [7, 11) is 0. The Kier molecular flexibility index (Phi) is 6.06. The van der Waals surface area contributed by atoms with Crippen LogP contribution in [0.2, 0.25) is 0 Å². The standard InChI is InChI=1S/C19H18I2N4OS/c1-19(2,3)13-6-4-11(5-7-13)17-23-24-18(27)25(17)22-10-12-8-14(20)9-15(21)16(12)26/h4-10,26H,1-3H3,(H,24,27)/b22-10-. The molecule has 8 heteroatoms. The third-order valence-corrected chi connectivity index (χ3v) is 5.74. The summed E-state index contributed by atoms with van der Waals surface area (Å²) in [6.45, 7) is 6.53. The number of nitrogens with zero attached hydrogens (tertiary/aromatic N) is 3. The van der Waals surface area contributed by atoms with Crippen molar-refractivity contribution >= 4 is 63.6 Å². The molecular weight excluding hydrogens is 586 g/mol. The molecule has 0 aliphatic rings. The fraction of sp³-hybridized carbons (Fsp3) is 0.211. The van der Waals surface area contributed by atoms with Crippen LogP contribution < -0.4 is 0 Å². The highest BCUT2D eigenvalue weighted by Crippen LogP contribution is 2.27. The minimum Gasteiger partial charge on any atom is -0.506 e. The number of aromatic hydroxyl groups is 1. The zero-order valence-corrected chi connectivity index (χ0v) is 20.1. The van der Waals surface area contributed by atoms with E-state index in [9.17, 15) is 5.11 Å². The Bertz CT molecular complexity index is 1060. The predicted octanol–water partition coefficient (Wildman–Crippen LogP) is 5.70. The molecule has 0 saturated carbocycles. The van der Waals surface area contributed by atoms with E-state index in [0.717, 1.165) is 12.7 Å². The van der Waals surface area contributed by atoms with Crippen LogP contribution in [-0.2, 0) is 5.41 Å². The fourth-order valence-corrected chi connectivity index (χ4v) is 4.58. The number of phenols is 1. The largest absolute Gasteiger partial charge is 0.506 e. The number of rotatable bonds is 3. The van der Waals surface area contributed by atoms with E-state index >= 15 is 0 Å². The van der Waals surface area contributed by atoms with Gasteiger partial charge in [0.1, 0.15) is 5.75 Å². The summed E-state index contributed by atoms with van der Waals surface area (Å²) in [6, 6.07) is 12.0. The van der Waals surface area contributed by atoms with Gasteiger partial charge in [-0.15, -0.1) is 0 Å². The van der Waals surface area contributed by atoms with Gasteiger partial charge < -0.3 is 5.11 Å². The Hall–Kier alpha value is -1.27. The van der Waals surface area contributed by atoms with Gasteiger partial charge in [0.05, 0.1) is 9.78 Å². The molecule has 0 saturated heterocycles. The van der Waals surface area contributed by atoms with Crippen molar-refractivity contribution in [1.82, 2.24) is 14.9 Å². The van der Waals surface area contributed by atoms with Gasteiger partial charge in [-0.25, -0.2) is 5.10 Å². The summed E-state index contributed by atoms with van der Waals surface area (Å²) < 4.78 is 3.74. The van der Waals surface area contributed by atoms with E-state index in [2.05, 4.69) is 93.4 Å². The first-order valence-corrected chi connectivity index (χ1v) is 10.7. The van der Waals surface area contributed by atoms with Gasteiger partial charge in [0.2, 0.25) is 4.77 Å². The van der Waals surface area contributed by atoms with Gasteiger partial charge >= 0.3 is 0 Å². The van der Waals surface area contributed by atoms with Crippen molar-refractivity contribution in [3.05, 3.63) is 59.4 Å². The van der Waals surface area contributed by atoms with Crippen LogP contribution in [0.4, 0.5) is 0 Å². The number of benzene rings is 2. The van der Waals surface area contributed by atoms with Crippen LogP contribution in [0.25, 0.3) is 11.4 Å². The topological polar surface area (TPSA) is 66.2 Å².